The number of hydrogen-bond donors (Lipinski definition) is 1. The van der Waals surface area contributed by atoms with E-state index in [2.05, 4.69) is 5.32 Å². The highest BCUT2D eigenvalue weighted by Crippen LogP contribution is 2.22. The molecule has 0 spiro atoms. The molecule has 0 saturated heterocycles. The summed E-state index contributed by atoms with van der Waals surface area (Å²) < 4.78 is 4.93. The van der Waals surface area contributed by atoms with Crippen LogP contribution in [0.3, 0.4) is 0 Å². The Balaban J connectivity index is 2.06. The first-order valence-electron chi connectivity index (χ1n) is 7.21. The quantitative estimate of drug-likeness (QED) is 0.860. The van der Waals surface area contributed by atoms with Crippen LogP contribution < -0.4 is 5.32 Å². The van der Waals surface area contributed by atoms with E-state index in [1.54, 1.807) is 6.92 Å². The largest absolute Gasteiger partial charge is 0.466 e. The van der Waals surface area contributed by atoms with E-state index < -0.39 is 0 Å². The minimum Gasteiger partial charge on any atom is -0.466 e. The number of amides is 1. The summed E-state index contributed by atoms with van der Waals surface area (Å²) in [4.78, 5) is 22.4. The van der Waals surface area contributed by atoms with E-state index in [0.717, 1.165) is 22.4 Å². The van der Waals surface area contributed by atoms with E-state index in [1.165, 1.54) is 6.92 Å². The van der Waals surface area contributed by atoms with Crippen molar-refractivity contribution >= 4 is 17.6 Å². The van der Waals surface area contributed by atoms with Crippen LogP contribution in [0, 0.1) is 0 Å². The summed E-state index contributed by atoms with van der Waals surface area (Å²) in [5, 5.41) is 2.74. The van der Waals surface area contributed by atoms with Gasteiger partial charge in [-0.3, -0.25) is 9.59 Å². The van der Waals surface area contributed by atoms with Gasteiger partial charge < -0.3 is 10.1 Å². The molecule has 0 bridgehead atoms. The van der Waals surface area contributed by atoms with Crippen LogP contribution in [0.4, 0.5) is 5.69 Å². The van der Waals surface area contributed by atoms with Crippen molar-refractivity contribution in [2.45, 2.75) is 20.3 Å². The second-order valence-corrected chi connectivity index (χ2v) is 4.94. The lowest BCUT2D eigenvalue weighted by Gasteiger charge is -2.06. The van der Waals surface area contributed by atoms with Gasteiger partial charge in [0.25, 0.3) is 0 Å². The van der Waals surface area contributed by atoms with Gasteiger partial charge in [0.05, 0.1) is 13.0 Å². The van der Waals surface area contributed by atoms with Crippen LogP contribution in [0.2, 0.25) is 0 Å². The highest BCUT2D eigenvalue weighted by Gasteiger charge is 2.04. The molecular formula is C18H19NO3. The van der Waals surface area contributed by atoms with Crippen LogP contribution >= 0.6 is 0 Å². The van der Waals surface area contributed by atoms with Gasteiger partial charge >= 0.3 is 5.97 Å². The maximum absolute atomic E-state index is 11.4. The Hall–Kier alpha value is -2.62. The molecule has 0 unspecified atom stereocenters. The number of nitrogens with one attached hydrogen (secondary N) is 1. The van der Waals surface area contributed by atoms with Crippen LogP contribution in [0.1, 0.15) is 19.4 Å². The fourth-order valence-corrected chi connectivity index (χ4v) is 2.14. The lowest BCUT2D eigenvalue weighted by Crippen LogP contribution is -2.07. The monoisotopic (exact) mass is 297 g/mol. The molecule has 0 fully saturated rings. The van der Waals surface area contributed by atoms with Crippen LogP contribution in [0.5, 0.6) is 0 Å². The molecule has 4 nitrogen and oxygen atoms in total. The summed E-state index contributed by atoms with van der Waals surface area (Å²) in [6, 6.07) is 15.4. The Bertz CT molecular complexity index is 645. The van der Waals surface area contributed by atoms with Gasteiger partial charge in [-0.15, -0.1) is 0 Å². The molecule has 0 atom stereocenters. The van der Waals surface area contributed by atoms with Gasteiger partial charge in [0, 0.05) is 12.6 Å². The Labute approximate surface area is 130 Å². The summed E-state index contributed by atoms with van der Waals surface area (Å²) >= 11 is 0. The fourth-order valence-electron chi connectivity index (χ4n) is 2.14. The third kappa shape index (κ3) is 4.45. The molecule has 2 rings (SSSR count). The summed E-state index contributed by atoms with van der Waals surface area (Å²) in [6.07, 6.45) is 0.287. The fraction of sp³-hybridized carbons (Fsp3) is 0.222. The lowest BCUT2D eigenvalue weighted by molar-refractivity contribution is -0.142. The van der Waals surface area contributed by atoms with E-state index in [-0.39, 0.29) is 18.3 Å². The highest BCUT2D eigenvalue weighted by molar-refractivity contribution is 5.89. The van der Waals surface area contributed by atoms with Crippen LogP contribution in [0.25, 0.3) is 11.1 Å². The normalized spacial score (nSPS) is 10.1. The maximum atomic E-state index is 11.4. The molecule has 114 valence electrons. The second-order valence-electron chi connectivity index (χ2n) is 4.94. The third-order valence-corrected chi connectivity index (χ3v) is 3.15. The van der Waals surface area contributed by atoms with Gasteiger partial charge in [-0.2, -0.15) is 0 Å². The van der Waals surface area contributed by atoms with Crippen molar-refractivity contribution < 1.29 is 14.3 Å². The van der Waals surface area contributed by atoms with E-state index >= 15 is 0 Å². The number of hydrogen-bond acceptors (Lipinski definition) is 3. The van der Waals surface area contributed by atoms with Crippen molar-refractivity contribution in [1.29, 1.82) is 0 Å². The number of carbonyl (C=O) groups is 2. The first kappa shape index (κ1) is 15.8. The predicted octanol–water partition coefficient (Wildman–Crippen LogP) is 3.42. The van der Waals surface area contributed by atoms with E-state index in [4.69, 9.17) is 4.74 Å². The number of benzene rings is 2. The van der Waals surface area contributed by atoms with E-state index in [1.807, 2.05) is 48.5 Å². The summed E-state index contributed by atoms with van der Waals surface area (Å²) in [5.74, 6) is -0.300. The molecule has 0 heterocycles. The first-order chi connectivity index (χ1) is 10.6. The Morgan fingerprint density at radius 3 is 2.00 bits per heavy atom. The van der Waals surface area contributed by atoms with Crippen molar-refractivity contribution in [3.8, 4) is 11.1 Å². The summed E-state index contributed by atoms with van der Waals surface area (Å²) in [7, 11) is 0. The van der Waals surface area contributed by atoms with Gasteiger partial charge in [0.1, 0.15) is 0 Å². The van der Waals surface area contributed by atoms with Crippen molar-refractivity contribution in [1.82, 2.24) is 0 Å². The van der Waals surface area contributed by atoms with Crippen molar-refractivity contribution in [2.24, 2.45) is 0 Å². The van der Waals surface area contributed by atoms with Crippen molar-refractivity contribution in [2.75, 3.05) is 11.9 Å². The molecule has 22 heavy (non-hydrogen) atoms. The van der Waals surface area contributed by atoms with E-state index in [9.17, 15) is 9.59 Å². The van der Waals surface area contributed by atoms with Crippen LogP contribution in [0.15, 0.2) is 48.5 Å². The van der Waals surface area contributed by atoms with Gasteiger partial charge in [0.15, 0.2) is 0 Å². The maximum Gasteiger partial charge on any atom is 0.310 e. The molecule has 0 aliphatic carbocycles. The number of ether oxygens (including phenoxy) is 1. The molecular weight excluding hydrogens is 278 g/mol. The molecule has 2 aromatic carbocycles. The Morgan fingerprint density at radius 2 is 1.50 bits per heavy atom. The Morgan fingerprint density at radius 1 is 0.955 bits per heavy atom. The molecule has 0 aliphatic rings. The van der Waals surface area contributed by atoms with Gasteiger partial charge in [0.2, 0.25) is 5.91 Å². The lowest BCUT2D eigenvalue weighted by atomic mass is 10.0. The zero-order valence-electron chi connectivity index (χ0n) is 12.8. The van der Waals surface area contributed by atoms with Gasteiger partial charge in [-0.25, -0.2) is 0 Å². The van der Waals surface area contributed by atoms with E-state index in [0.29, 0.717) is 6.61 Å². The number of rotatable bonds is 5. The molecule has 1 amide bonds. The molecule has 0 aromatic heterocycles. The van der Waals surface area contributed by atoms with Gasteiger partial charge in [-0.1, -0.05) is 36.4 Å². The zero-order chi connectivity index (χ0) is 15.9. The predicted molar refractivity (Wildman–Crippen MR) is 86.5 cm³/mol. The average molecular weight is 297 g/mol. The summed E-state index contributed by atoms with van der Waals surface area (Å²) in [6.45, 7) is 3.68. The molecule has 0 radical (unpaired) electrons. The van der Waals surface area contributed by atoms with Crippen molar-refractivity contribution in [3.63, 3.8) is 0 Å². The van der Waals surface area contributed by atoms with Crippen LogP contribution in [-0.2, 0) is 20.7 Å². The number of carbonyl (C=O) groups excluding carboxylic acids is 2. The van der Waals surface area contributed by atoms with Crippen molar-refractivity contribution in [3.05, 3.63) is 54.1 Å². The molecule has 2 aromatic rings. The Kier molecular flexibility index (Phi) is 5.31. The highest BCUT2D eigenvalue weighted by atomic mass is 16.5. The molecule has 0 aliphatic heterocycles. The molecule has 0 saturated carbocycles. The number of anilines is 1. The SMILES string of the molecule is CCOC(=O)Cc1ccc(-c2ccc(NC(C)=O)cc2)cc1. The minimum atomic E-state index is -0.213. The average Bonchev–Trinajstić information content (AvgIpc) is 2.48. The topological polar surface area (TPSA) is 55.4 Å². The standard InChI is InChI=1S/C18H19NO3/c1-3-22-18(21)12-14-4-6-15(7-5-14)16-8-10-17(11-9-16)19-13(2)20/h4-11H,3,12H2,1-2H3,(H,19,20). The smallest absolute Gasteiger partial charge is 0.310 e. The number of esters is 1. The van der Waals surface area contributed by atoms with Crippen LogP contribution in [-0.4, -0.2) is 18.5 Å². The first-order valence-corrected chi connectivity index (χ1v) is 7.21. The molecule has 4 heteroatoms. The van der Waals surface area contributed by atoms with Gasteiger partial charge in [-0.05, 0) is 35.7 Å². The minimum absolute atomic E-state index is 0.0870. The third-order valence-electron chi connectivity index (χ3n) is 3.15. The molecule has 1 N–H and O–H groups in total. The zero-order valence-corrected chi connectivity index (χ0v) is 12.8. The second kappa shape index (κ2) is 7.41. The summed E-state index contributed by atoms with van der Waals surface area (Å²) in [5.41, 5.74) is 3.81.